The van der Waals surface area contributed by atoms with Gasteiger partial charge in [0.1, 0.15) is 5.60 Å². The number of rotatable bonds is 7. The van der Waals surface area contributed by atoms with E-state index in [4.69, 9.17) is 9.84 Å². The van der Waals surface area contributed by atoms with Crippen molar-refractivity contribution in [2.24, 2.45) is 0 Å². The third-order valence-corrected chi connectivity index (χ3v) is 3.64. The predicted molar refractivity (Wildman–Crippen MR) is 85.5 cm³/mol. The highest BCUT2D eigenvalue weighted by molar-refractivity contribution is 7.09. The van der Waals surface area contributed by atoms with Gasteiger partial charge in [-0.1, -0.05) is 6.92 Å². The maximum atomic E-state index is 12.1. The summed E-state index contributed by atoms with van der Waals surface area (Å²) < 4.78 is 5.39. The van der Waals surface area contributed by atoms with Crippen molar-refractivity contribution in [1.29, 1.82) is 0 Å². The maximum absolute atomic E-state index is 12.1. The van der Waals surface area contributed by atoms with Gasteiger partial charge in [-0.2, -0.15) is 0 Å². The summed E-state index contributed by atoms with van der Waals surface area (Å²) in [4.78, 5) is 28.6. The number of aromatic carboxylic acids is 1. The third-order valence-electron chi connectivity index (χ3n) is 2.73. The van der Waals surface area contributed by atoms with Crippen LogP contribution < -0.4 is 0 Å². The Hall–Kier alpha value is -1.63. The van der Waals surface area contributed by atoms with Crippen molar-refractivity contribution < 1.29 is 19.4 Å². The minimum absolute atomic E-state index is 0.0811. The molecule has 1 amide bonds. The Morgan fingerprint density at radius 2 is 2.05 bits per heavy atom. The molecule has 1 heterocycles. The molecule has 1 rings (SSSR count). The molecular formula is C15H24N2O4S. The second-order valence-corrected chi connectivity index (χ2v) is 6.95. The van der Waals surface area contributed by atoms with Crippen molar-refractivity contribution in [2.45, 2.75) is 52.6 Å². The molecule has 0 aliphatic rings. The average Bonchev–Trinajstić information content (AvgIpc) is 2.84. The minimum Gasteiger partial charge on any atom is -0.476 e. The lowest BCUT2D eigenvalue weighted by atomic mass is 10.2. The number of ether oxygens (including phenoxy) is 1. The molecule has 1 aromatic heterocycles. The SMILES string of the molecule is CCCN(CCCc1nc(C(=O)O)cs1)C(=O)OC(C)(C)C. The van der Waals surface area contributed by atoms with Gasteiger partial charge in [-0.25, -0.2) is 14.6 Å². The molecule has 0 radical (unpaired) electrons. The molecule has 6 nitrogen and oxygen atoms in total. The number of amides is 1. The van der Waals surface area contributed by atoms with Crippen molar-refractivity contribution >= 4 is 23.4 Å². The molecule has 0 aliphatic carbocycles. The van der Waals surface area contributed by atoms with Crippen LogP contribution in [0, 0.1) is 0 Å². The molecule has 0 aliphatic heterocycles. The van der Waals surface area contributed by atoms with Crippen LogP contribution >= 0.6 is 11.3 Å². The van der Waals surface area contributed by atoms with Crippen LogP contribution in [0.2, 0.25) is 0 Å². The van der Waals surface area contributed by atoms with E-state index in [1.165, 1.54) is 16.7 Å². The molecule has 0 saturated carbocycles. The maximum Gasteiger partial charge on any atom is 0.410 e. The van der Waals surface area contributed by atoms with Gasteiger partial charge < -0.3 is 14.7 Å². The summed E-state index contributed by atoms with van der Waals surface area (Å²) in [5.74, 6) is -1.01. The number of carboxylic acid groups (broad SMARTS) is 1. The van der Waals surface area contributed by atoms with Crippen LogP contribution in [0.1, 0.15) is 56.0 Å². The van der Waals surface area contributed by atoms with Gasteiger partial charge in [0.05, 0.1) is 5.01 Å². The molecular weight excluding hydrogens is 304 g/mol. The summed E-state index contributed by atoms with van der Waals surface area (Å²) in [7, 11) is 0. The van der Waals surface area contributed by atoms with Crippen molar-refractivity contribution in [1.82, 2.24) is 9.88 Å². The van der Waals surface area contributed by atoms with Crippen LogP contribution in [0.3, 0.4) is 0 Å². The van der Waals surface area contributed by atoms with Crippen molar-refractivity contribution in [3.63, 3.8) is 0 Å². The Labute approximate surface area is 135 Å². The molecule has 0 saturated heterocycles. The Kier molecular flexibility index (Phi) is 6.80. The van der Waals surface area contributed by atoms with Crippen molar-refractivity contribution in [3.8, 4) is 0 Å². The number of nitrogens with zero attached hydrogens (tertiary/aromatic N) is 2. The average molecular weight is 328 g/mol. The number of aromatic nitrogens is 1. The molecule has 22 heavy (non-hydrogen) atoms. The van der Waals surface area contributed by atoms with E-state index in [0.29, 0.717) is 19.5 Å². The molecule has 0 fully saturated rings. The van der Waals surface area contributed by atoms with E-state index in [-0.39, 0.29) is 11.8 Å². The van der Waals surface area contributed by atoms with Gasteiger partial charge in [0.2, 0.25) is 0 Å². The van der Waals surface area contributed by atoms with Gasteiger partial charge in [-0.3, -0.25) is 0 Å². The lowest BCUT2D eigenvalue weighted by Gasteiger charge is -2.27. The lowest BCUT2D eigenvalue weighted by Crippen LogP contribution is -2.38. The Morgan fingerprint density at radius 3 is 2.55 bits per heavy atom. The smallest absolute Gasteiger partial charge is 0.410 e. The third kappa shape index (κ3) is 6.43. The van der Waals surface area contributed by atoms with E-state index in [9.17, 15) is 9.59 Å². The number of hydrogen-bond donors (Lipinski definition) is 1. The Bertz CT molecular complexity index is 508. The zero-order valence-electron chi connectivity index (χ0n) is 13.6. The van der Waals surface area contributed by atoms with Gasteiger partial charge in [0, 0.05) is 24.9 Å². The van der Waals surface area contributed by atoms with E-state index in [1.807, 2.05) is 27.7 Å². The summed E-state index contributed by atoms with van der Waals surface area (Å²) in [6.45, 7) is 8.77. The fourth-order valence-corrected chi connectivity index (χ4v) is 2.65. The monoisotopic (exact) mass is 328 g/mol. The topological polar surface area (TPSA) is 79.7 Å². The highest BCUT2D eigenvalue weighted by atomic mass is 32.1. The predicted octanol–water partition coefficient (Wildman–Crippen LogP) is 3.42. The first-order valence-electron chi connectivity index (χ1n) is 7.38. The first-order valence-corrected chi connectivity index (χ1v) is 8.26. The number of carboxylic acids is 1. The van der Waals surface area contributed by atoms with Gasteiger partial charge in [0.15, 0.2) is 5.69 Å². The zero-order chi connectivity index (χ0) is 16.8. The van der Waals surface area contributed by atoms with E-state index in [2.05, 4.69) is 4.98 Å². The quantitative estimate of drug-likeness (QED) is 0.829. The normalized spacial score (nSPS) is 11.3. The fraction of sp³-hybridized carbons (Fsp3) is 0.667. The van der Waals surface area contributed by atoms with E-state index < -0.39 is 11.6 Å². The van der Waals surface area contributed by atoms with Crippen molar-refractivity contribution in [2.75, 3.05) is 13.1 Å². The first kappa shape index (κ1) is 18.4. The number of hydrogen-bond acceptors (Lipinski definition) is 5. The van der Waals surface area contributed by atoms with E-state index in [1.54, 1.807) is 4.90 Å². The lowest BCUT2D eigenvalue weighted by molar-refractivity contribution is 0.0248. The fourth-order valence-electron chi connectivity index (χ4n) is 1.84. The number of carbonyl (C=O) groups is 2. The highest BCUT2D eigenvalue weighted by Crippen LogP contribution is 2.14. The number of aryl methyl sites for hydroxylation is 1. The first-order chi connectivity index (χ1) is 10.2. The van der Waals surface area contributed by atoms with Crippen LogP contribution in [-0.2, 0) is 11.2 Å². The van der Waals surface area contributed by atoms with Gasteiger partial charge in [-0.15, -0.1) is 11.3 Å². The van der Waals surface area contributed by atoms with Crippen LogP contribution in [0.5, 0.6) is 0 Å². The summed E-state index contributed by atoms with van der Waals surface area (Å²) in [5, 5.41) is 11.2. The molecule has 124 valence electrons. The zero-order valence-corrected chi connectivity index (χ0v) is 14.4. The summed E-state index contributed by atoms with van der Waals surface area (Å²) in [6.07, 6.45) is 1.94. The summed E-state index contributed by atoms with van der Waals surface area (Å²) in [6, 6.07) is 0. The van der Waals surface area contributed by atoms with Crippen LogP contribution in [0.4, 0.5) is 4.79 Å². The summed E-state index contributed by atoms with van der Waals surface area (Å²) in [5.41, 5.74) is -0.424. The second-order valence-electron chi connectivity index (χ2n) is 6.00. The molecule has 0 atom stereocenters. The van der Waals surface area contributed by atoms with Crippen LogP contribution in [-0.4, -0.2) is 45.7 Å². The highest BCUT2D eigenvalue weighted by Gasteiger charge is 2.21. The number of thiazole rings is 1. The molecule has 0 unspecified atom stereocenters. The Morgan fingerprint density at radius 1 is 1.36 bits per heavy atom. The van der Waals surface area contributed by atoms with Gasteiger partial charge >= 0.3 is 12.1 Å². The van der Waals surface area contributed by atoms with Crippen LogP contribution in [0.25, 0.3) is 0 Å². The molecule has 0 aromatic carbocycles. The van der Waals surface area contributed by atoms with E-state index >= 15 is 0 Å². The van der Waals surface area contributed by atoms with Gasteiger partial charge in [0.25, 0.3) is 0 Å². The molecule has 0 spiro atoms. The molecule has 7 heteroatoms. The Balaban J connectivity index is 2.49. The molecule has 1 aromatic rings. The standard InChI is InChI=1S/C15H24N2O4S/c1-5-8-17(14(20)21-15(2,3)4)9-6-7-12-16-11(10-22-12)13(18)19/h10H,5-9H2,1-4H3,(H,18,19). The van der Waals surface area contributed by atoms with Gasteiger partial charge in [-0.05, 0) is 33.6 Å². The van der Waals surface area contributed by atoms with Crippen LogP contribution in [0.15, 0.2) is 5.38 Å². The number of carbonyl (C=O) groups excluding carboxylic acids is 1. The second kappa shape index (κ2) is 8.12. The molecule has 0 bridgehead atoms. The van der Waals surface area contributed by atoms with Crippen molar-refractivity contribution in [3.05, 3.63) is 16.1 Å². The minimum atomic E-state index is -1.01. The largest absolute Gasteiger partial charge is 0.476 e. The molecule has 1 N–H and O–H groups in total. The summed E-state index contributed by atoms with van der Waals surface area (Å²) >= 11 is 1.33. The van der Waals surface area contributed by atoms with E-state index in [0.717, 1.165) is 17.8 Å².